The zero-order chi connectivity index (χ0) is 25.7. The summed E-state index contributed by atoms with van der Waals surface area (Å²) in [5.41, 5.74) is -1.08. The molecule has 0 saturated carbocycles. The molecule has 0 bridgehead atoms. The predicted octanol–water partition coefficient (Wildman–Crippen LogP) is 4.35. The molecular weight excluding hydrogens is 478 g/mol. The van der Waals surface area contributed by atoms with Crippen molar-refractivity contribution in [3.8, 4) is 22.5 Å². The molecule has 4 rings (SSSR count). The second-order valence-corrected chi connectivity index (χ2v) is 7.75. The lowest BCUT2D eigenvalue weighted by atomic mass is 10.00. The number of hydrogen-bond acceptors (Lipinski definition) is 5. The number of aromatic amines is 1. The van der Waals surface area contributed by atoms with Crippen LogP contribution in [0.2, 0.25) is 0 Å². The minimum absolute atomic E-state index is 0.0512. The SMILES string of the molecule is O=C(/N=C/C(Cc1ncccn1)[C@H](F)CO)c1cccc(F)c1-c1n[nH]c(-c2ccc(F)cc2)c1F. The Balaban J connectivity index is 1.66. The first kappa shape index (κ1) is 24.9. The molecule has 2 aromatic heterocycles. The highest BCUT2D eigenvalue weighted by Gasteiger charge is 2.25. The molecule has 0 fully saturated rings. The maximum absolute atomic E-state index is 15.2. The maximum atomic E-state index is 15.2. The fourth-order valence-electron chi connectivity index (χ4n) is 3.53. The lowest BCUT2D eigenvalue weighted by Gasteiger charge is -2.14. The van der Waals surface area contributed by atoms with Gasteiger partial charge in [-0.25, -0.2) is 32.5 Å². The molecule has 2 atom stereocenters. The lowest BCUT2D eigenvalue weighted by molar-refractivity contribution is 0.100. The summed E-state index contributed by atoms with van der Waals surface area (Å²) in [4.78, 5) is 24.6. The van der Waals surface area contributed by atoms with E-state index in [1.807, 2.05) is 0 Å². The van der Waals surface area contributed by atoms with Crippen LogP contribution in [-0.4, -0.2) is 50.2 Å². The van der Waals surface area contributed by atoms with Gasteiger partial charge in [-0.15, -0.1) is 0 Å². The number of alkyl halides is 1. The summed E-state index contributed by atoms with van der Waals surface area (Å²) in [6, 6.07) is 9.98. The van der Waals surface area contributed by atoms with Crippen LogP contribution in [0.25, 0.3) is 22.5 Å². The van der Waals surface area contributed by atoms with E-state index in [2.05, 4.69) is 25.2 Å². The van der Waals surface area contributed by atoms with E-state index in [1.165, 1.54) is 36.7 Å². The van der Waals surface area contributed by atoms with Gasteiger partial charge in [-0.3, -0.25) is 9.89 Å². The predicted molar refractivity (Wildman–Crippen MR) is 123 cm³/mol. The number of nitrogens with zero attached hydrogens (tertiary/aromatic N) is 4. The Kier molecular flexibility index (Phi) is 7.59. The molecule has 0 saturated heterocycles. The number of aliphatic imine (C=N–C) groups is 1. The van der Waals surface area contributed by atoms with Gasteiger partial charge in [-0.2, -0.15) is 5.10 Å². The van der Waals surface area contributed by atoms with Crippen molar-refractivity contribution in [1.29, 1.82) is 0 Å². The number of aliphatic hydroxyl groups is 1. The van der Waals surface area contributed by atoms with Gasteiger partial charge in [0.25, 0.3) is 5.91 Å². The normalized spacial score (nSPS) is 13.1. The summed E-state index contributed by atoms with van der Waals surface area (Å²) in [5.74, 6) is -4.15. The largest absolute Gasteiger partial charge is 0.393 e. The average molecular weight is 497 g/mol. The molecule has 7 nitrogen and oxygen atoms in total. The Labute approximate surface area is 202 Å². The number of hydrogen-bond donors (Lipinski definition) is 2. The van der Waals surface area contributed by atoms with Crippen LogP contribution in [0.3, 0.4) is 0 Å². The number of halogens is 4. The van der Waals surface area contributed by atoms with Crippen molar-refractivity contribution in [2.75, 3.05) is 6.61 Å². The topological polar surface area (TPSA) is 104 Å². The summed E-state index contributed by atoms with van der Waals surface area (Å²) in [5, 5.41) is 15.5. The minimum atomic E-state index is -1.76. The zero-order valence-electron chi connectivity index (χ0n) is 18.6. The van der Waals surface area contributed by atoms with Crippen LogP contribution in [0.15, 0.2) is 65.9 Å². The van der Waals surface area contributed by atoms with Crippen LogP contribution in [0, 0.1) is 23.4 Å². The van der Waals surface area contributed by atoms with Gasteiger partial charge in [-0.1, -0.05) is 6.07 Å². The van der Waals surface area contributed by atoms with E-state index in [1.54, 1.807) is 6.07 Å². The molecule has 1 amide bonds. The third-order valence-corrected chi connectivity index (χ3v) is 5.38. The average Bonchev–Trinajstić information content (AvgIpc) is 3.27. The summed E-state index contributed by atoms with van der Waals surface area (Å²) < 4.78 is 57.6. The van der Waals surface area contributed by atoms with Crippen molar-refractivity contribution in [1.82, 2.24) is 20.2 Å². The van der Waals surface area contributed by atoms with E-state index in [4.69, 9.17) is 0 Å². The first-order valence-corrected chi connectivity index (χ1v) is 10.8. The Morgan fingerprint density at radius 3 is 2.47 bits per heavy atom. The first-order chi connectivity index (χ1) is 17.4. The van der Waals surface area contributed by atoms with Crippen LogP contribution in [0.4, 0.5) is 17.6 Å². The molecule has 0 spiro atoms. The van der Waals surface area contributed by atoms with Crippen molar-refractivity contribution in [2.24, 2.45) is 10.9 Å². The van der Waals surface area contributed by atoms with E-state index in [-0.39, 0.29) is 29.1 Å². The second kappa shape index (κ2) is 11.0. The van der Waals surface area contributed by atoms with Crippen molar-refractivity contribution < 1.29 is 27.5 Å². The van der Waals surface area contributed by atoms with Gasteiger partial charge >= 0.3 is 0 Å². The number of nitrogens with one attached hydrogen (secondary N) is 1. The molecular formula is C25H19F4N5O2. The Bertz CT molecular complexity index is 1380. The maximum Gasteiger partial charge on any atom is 0.277 e. The Morgan fingerprint density at radius 1 is 1.06 bits per heavy atom. The number of carbonyl (C=O) groups excluding carboxylic acids is 1. The summed E-state index contributed by atoms with van der Waals surface area (Å²) in [7, 11) is 0. The van der Waals surface area contributed by atoms with Crippen LogP contribution in [-0.2, 0) is 6.42 Å². The van der Waals surface area contributed by atoms with E-state index in [0.717, 1.165) is 24.4 Å². The van der Waals surface area contributed by atoms with Gasteiger partial charge in [0, 0.05) is 36.5 Å². The van der Waals surface area contributed by atoms with Crippen molar-refractivity contribution in [3.63, 3.8) is 0 Å². The highest BCUT2D eigenvalue weighted by atomic mass is 19.1. The fourth-order valence-corrected chi connectivity index (χ4v) is 3.53. The number of carbonyl (C=O) groups is 1. The summed E-state index contributed by atoms with van der Waals surface area (Å²) in [6.07, 6.45) is 2.11. The number of aromatic nitrogens is 4. The Morgan fingerprint density at radius 2 is 1.78 bits per heavy atom. The van der Waals surface area contributed by atoms with Crippen molar-refractivity contribution >= 4 is 12.1 Å². The number of amides is 1. The van der Waals surface area contributed by atoms with E-state index in [9.17, 15) is 23.1 Å². The number of benzene rings is 2. The van der Waals surface area contributed by atoms with Crippen LogP contribution in [0.5, 0.6) is 0 Å². The molecule has 36 heavy (non-hydrogen) atoms. The molecule has 2 N–H and O–H groups in total. The number of aliphatic hydroxyl groups excluding tert-OH is 1. The van der Waals surface area contributed by atoms with Gasteiger partial charge in [0.1, 0.15) is 35.0 Å². The smallest absolute Gasteiger partial charge is 0.277 e. The van der Waals surface area contributed by atoms with Crippen molar-refractivity contribution in [3.05, 3.63) is 89.8 Å². The van der Waals surface area contributed by atoms with Crippen LogP contribution < -0.4 is 0 Å². The number of H-pyrrole nitrogens is 1. The van der Waals surface area contributed by atoms with Gasteiger partial charge in [-0.05, 0) is 42.5 Å². The second-order valence-electron chi connectivity index (χ2n) is 7.75. The molecule has 1 unspecified atom stereocenters. The quantitative estimate of drug-likeness (QED) is 0.278. The molecule has 4 aromatic rings. The summed E-state index contributed by atoms with van der Waals surface area (Å²) >= 11 is 0. The third kappa shape index (κ3) is 5.36. The third-order valence-electron chi connectivity index (χ3n) is 5.38. The molecule has 184 valence electrons. The van der Waals surface area contributed by atoms with E-state index in [0.29, 0.717) is 0 Å². The highest BCUT2D eigenvalue weighted by Crippen LogP contribution is 2.33. The highest BCUT2D eigenvalue weighted by molar-refractivity contribution is 6.04. The van der Waals surface area contributed by atoms with Gasteiger partial charge in [0.05, 0.1) is 17.7 Å². The van der Waals surface area contributed by atoms with E-state index < -0.39 is 53.3 Å². The molecule has 0 aliphatic carbocycles. The zero-order valence-corrected chi connectivity index (χ0v) is 18.6. The van der Waals surface area contributed by atoms with Crippen LogP contribution >= 0.6 is 0 Å². The first-order valence-electron chi connectivity index (χ1n) is 10.8. The molecule has 0 aliphatic rings. The van der Waals surface area contributed by atoms with Gasteiger partial charge in [0.2, 0.25) is 0 Å². The fraction of sp³-hybridized carbons (Fsp3) is 0.160. The van der Waals surface area contributed by atoms with Crippen LogP contribution in [0.1, 0.15) is 16.2 Å². The van der Waals surface area contributed by atoms with Gasteiger partial charge in [0.15, 0.2) is 5.82 Å². The standard InChI is InChI=1S/C25H19F4N5O2/c26-16-7-5-14(6-8-16)23-22(29)24(34-33-23)21-17(3-1-4-18(21)27)25(36)32-12-15(19(28)13-35)11-20-30-9-2-10-31-20/h1-10,12,15,19,35H,11,13H2,(H,33,34)/b32-12+/t15?,19-/m1/s1. The molecule has 2 aromatic carbocycles. The van der Waals surface area contributed by atoms with Crippen molar-refractivity contribution in [2.45, 2.75) is 12.6 Å². The monoisotopic (exact) mass is 497 g/mol. The molecule has 2 heterocycles. The van der Waals surface area contributed by atoms with Gasteiger partial charge < -0.3 is 5.11 Å². The molecule has 11 heteroatoms. The molecule has 0 aliphatic heterocycles. The number of rotatable bonds is 8. The Hall–Kier alpha value is -4.25. The molecule has 0 radical (unpaired) electrons. The minimum Gasteiger partial charge on any atom is -0.393 e. The lowest BCUT2D eigenvalue weighted by Crippen LogP contribution is -2.24. The van der Waals surface area contributed by atoms with E-state index >= 15 is 4.39 Å². The summed E-state index contributed by atoms with van der Waals surface area (Å²) in [6.45, 7) is -0.826.